The Bertz CT molecular complexity index is 767. The van der Waals surface area contributed by atoms with Crippen LogP contribution in [0, 0.1) is 0 Å². The normalized spacial score (nSPS) is 10.6. The van der Waals surface area contributed by atoms with Gasteiger partial charge < -0.3 is 9.84 Å². The number of esters is 1. The number of hydrogen-bond donors (Lipinski definition) is 1. The summed E-state index contributed by atoms with van der Waals surface area (Å²) < 4.78 is 5.39. The van der Waals surface area contributed by atoms with Crippen molar-refractivity contribution in [2.45, 2.75) is 58.3 Å². The standard InChI is InChI=1S/C24H30O4/c1-2-3-4-5-6-7-8-9-16-28-24(27)22-15-11-13-20(18-22)19-12-10-14-21(17-19)23(25)26/h10-15,17-18H,2-9,16H2,1H3,(H,25,26). The molecule has 2 aromatic carbocycles. The van der Waals surface area contributed by atoms with Gasteiger partial charge in [-0.25, -0.2) is 9.59 Å². The second-order valence-corrected chi connectivity index (χ2v) is 7.08. The van der Waals surface area contributed by atoms with Crippen molar-refractivity contribution in [1.82, 2.24) is 0 Å². The molecule has 0 unspecified atom stereocenters. The molecule has 150 valence electrons. The molecule has 0 spiro atoms. The molecule has 0 heterocycles. The van der Waals surface area contributed by atoms with Crippen LogP contribution in [0.4, 0.5) is 0 Å². The van der Waals surface area contributed by atoms with Crippen LogP contribution in [0.5, 0.6) is 0 Å². The Labute approximate surface area is 167 Å². The van der Waals surface area contributed by atoms with E-state index in [4.69, 9.17) is 9.84 Å². The van der Waals surface area contributed by atoms with E-state index in [1.807, 2.05) is 12.1 Å². The number of carboxylic acid groups (broad SMARTS) is 1. The van der Waals surface area contributed by atoms with Gasteiger partial charge in [0.25, 0.3) is 0 Å². The largest absolute Gasteiger partial charge is 0.478 e. The number of carbonyl (C=O) groups is 2. The first-order valence-corrected chi connectivity index (χ1v) is 10.2. The van der Waals surface area contributed by atoms with E-state index in [2.05, 4.69) is 6.92 Å². The van der Waals surface area contributed by atoms with Crippen LogP contribution in [0.15, 0.2) is 48.5 Å². The number of rotatable bonds is 12. The van der Waals surface area contributed by atoms with E-state index in [1.54, 1.807) is 36.4 Å². The molecule has 28 heavy (non-hydrogen) atoms. The fourth-order valence-electron chi connectivity index (χ4n) is 3.14. The maximum atomic E-state index is 12.3. The second kappa shape index (κ2) is 12.0. The molecule has 0 saturated carbocycles. The number of benzene rings is 2. The van der Waals surface area contributed by atoms with E-state index in [0.29, 0.717) is 12.2 Å². The minimum atomic E-state index is -0.970. The van der Waals surface area contributed by atoms with Gasteiger partial charge in [0, 0.05) is 0 Å². The lowest BCUT2D eigenvalue weighted by Gasteiger charge is -2.08. The van der Waals surface area contributed by atoms with Gasteiger partial charge in [-0.05, 0) is 41.8 Å². The molecule has 2 rings (SSSR count). The van der Waals surface area contributed by atoms with Crippen LogP contribution in [0.2, 0.25) is 0 Å². The van der Waals surface area contributed by atoms with Gasteiger partial charge >= 0.3 is 11.9 Å². The predicted octanol–water partition coefficient (Wildman–Crippen LogP) is 6.35. The Hall–Kier alpha value is -2.62. The first-order valence-electron chi connectivity index (χ1n) is 10.2. The Morgan fingerprint density at radius 1 is 0.786 bits per heavy atom. The fourth-order valence-corrected chi connectivity index (χ4v) is 3.14. The minimum absolute atomic E-state index is 0.222. The van der Waals surface area contributed by atoms with Crippen molar-refractivity contribution in [2.24, 2.45) is 0 Å². The van der Waals surface area contributed by atoms with Gasteiger partial charge in [-0.1, -0.05) is 76.1 Å². The number of aromatic carboxylic acids is 1. The molecule has 0 saturated heterocycles. The molecule has 0 fully saturated rings. The Morgan fingerprint density at radius 3 is 1.93 bits per heavy atom. The first kappa shape index (κ1) is 21.7. The summed E-state index contributed by atoms with van der Waals surface area (Å²) in [5, 5.41) is 9.14. The highest BCUT2D eigenvalue weighted by Gasteiger charge is 2.10. The van der Waals surface area contributed by atoms with Gasteiger partial charge in [-0.15, -0.1) is 0 Å². The third-order valence-electron chi connectivity index (χ3n) is 4.77. The van der Waals surface area contributed by atoms with Crippen molar-refractivity contribution < 1.29 is 19.4 Å². The van der Waals surface area contributed by atoms with Gasteiger partial charge in [0.05, 0.1) is 17.7 Å². The van der Waals surface area contributed by atoms with Gasteiger partial charge in [0.2, 0.25) is 0 Å². The first-order chi connectivity index (χ1) is 13.6. The summed E-state index contributed by atoms with van der Waals surface area (Å²) in [6.45, 7) is 2.66. The van der Waals surface area contributed by atoms with Crippen molar-refractivity contribution in [3.05, 3.63) is 59.7 Å². The highest BCUT2D eigenvalue weighted by molar-refractivity contribution is 5.92. The lowest BCUT2D eigenvalue weighted by Crippen LogP contribution is -2.06. The molecule has 0 aliphatic heterocycles. The van der Waals surface area contributed by atoms with Crippen molar-refractivity contribution in [3.8, 4) is 11.1 Å². The van der Waals surface area contributed by atoms with Gasteiger partial charge in [0.15, 0.2) is 0 Å². The molecule has 4 heteroatoms. The zero-order valence-electron chi connectivity index (χ0n) is 16.7. The number of ether oxygens (including phenoxy) is 1. The summed E-state index contributed by atoms with van der Waals surface area (Å²) in [5.74, 6) is -1.30. The van der Waals surface area contributed by atoms with Crippen LogP contribution < -0.4 is 0 Å². The summed E-state index contributed by atoms with van der Waals surface area (Å²) in [6, 6.07) is 13.8. The van der Waals surface area contributed by atoms with Crippen LogP contribution in [-0.4, -0.2) is 23.7 Å². The monoisotopic (exact) mass is 382 g/mol. The summed E-state index contributed by atoms with van der Waals surface area (Å²) in [5.41, 5.74) is 2.26. The lowest BCUT2D eigenvalue weighted by atomic mass is 10.0. The van der Waals surface area contributed by atoms with Crippen LogP contribution in [0.3, 0.4) is 0 Å². The molecule has 0 bridgehead atoms. The number of carboxylic acids is 1. The smallest absolute Gasteiger partial charge is 0.338 e. The van der Waals surface area contributed by atoms with E-state index in [0.717, 1.165) is 24.0 Å². The molecule has 1 N–H and O–H groups in total. The molecule has 2 aromatic rings. The van der Waals surface area contributed by atoms with E-state index in [9.17, 15) is 9.59 Å². The minimum Gasteiger partial charge on any atom is -0.478 e. The van der Waals surface area contributed by atoms with Crippen molar-refractivity contribution in [2.75, 3.05) is 6.61 Å². The van der Waals surface area contributed by atoms with Gasteiger partial charge in [-0.3, -0.25) is 0 Å². The quantitative estimate of drug-likeness (QED) is 0.343. The number of carbonyl (C=O) groups excluding carboxylic acids is 1. The number of unbranched alkanes of at least 4 members (excludes halogenated alkanes) is 7. The molecular formula is C24H30O4. The van der Waals surface area contributed by atoms with Gasteiger partial charge in [-0.2, -0.15) is 0 Å². The molecular weight excluding hydrogens is 352 g/mol. The topological polar surface area (TPSA) is 63.6 Å². The Kier molecular flexibility index (Phi) is 9.26. The van der Waals surface area contributed by atoms with E-state index in [-0.39, 0.29) is 11.5 Å². The third kappa shape index (κ3) is 7.18. The summed E-state index contributed by atoms with van der Waals surface area (Å²) in [7, 11) is 0. The molecule has 0 aliphatic rings. The maximum Gasteiger partial charge on any atom is 0.338 e. The molecule has 0 aliphatic carbocycles. The Morgan fingerprint density at radius 2 is 1.32 bits per heavy atom. The summed E-state index contributed by atoms with van der Waals surface area (Å²) in [6.07, 6.45) is 9.61. The van der Waals surface area contributed by atoms with Crippen molar-refractivity contribution in [3.63, 3.8) is 0 Å². The molecule has 0 aromatic heterocycles. The highest BCUT2D eigenvalue weighted by Crippen LogP contribution is 2.22. The van der Waals surface area contributed by atoms with Gasteiger partial charge in [0.1, 0.15) is 0 Å². The SMILES string of the molecule is CCCCCCCCCCOC(=O)c1cccc(-c2cccc(C(=O)O)c2)c1. The Balaban J connectivity index is 1.81. The second-order valence-electron chi connectivity index (χ2n) is 7.08. The lowest BCUT2D eigenvalue weighted by molar-refractivity contribution is 0.0497. The van der Waals surface area contributed by atoms with Crippen LogP contribution in [0.1, 0.15) is 79.0 Å². The highest BCUT2D eigenvalue weighted by atomic mass is 16.5. The third-order valence-corrected chi connectivity index (χ3v) is 4.77. The maximum absolute atomic E-state index is 12.3. The van der Waals surface area contributed by atoms with Crippen LogP contribution >= 0.6 is 0 Å². The van der Waals surface area contributed by atoms with E-state index in [1.165, 1.54) is 38.5 Å². The average molecular weight is 383 g/mol. The molecule has 4 nitrogen and oxygen atoms in total. The van der Waals surface area contributed by atoms with E-state index >= 15 is 0 Å². The average Bonchev–Trinajstić information content (AvgIpc) is 2.72. The zero-order chi connectivity index (χ0) is 20.2. The molecule has 0 amide bonds. The van der Waals surface area contributed by atoms with E-state index < -0.39 is 5.97 Å². The van der Waals surface area contributed by atoms with Crippen molar-refractivity contribution >= 4 is 11.9 Å². The molecule has 0 atom stereocenters. The zero-order valence-corrected chi connectivity index (χ0v) is 16.7. The summed E-state index contributed by atoms with van der Waals surface area (Å²) >= 11 is 0. The molecule has 0 radical (unpaired) electrons. The van der Waals surface area contributed by atoms with Crippen molar-refractivity contribution in [1.29, 1.82) is 0 Å². The predicted molar refractivity (Wildman–Crippen MR) is 112 cm³/mol. The summed E-state index contributed by atoms with van der Waals surface area (Å²) in [4.78, 5) is 23.4. The van der Waals surface area contributed by atoms with Crippen LogP contribution in [-0.2, 0) is 4.74 Å². The number of hydrogen-bond acceptors (Lipinski definition) is 3. The fraction of sp³-hybridized carbons (Fsp3) is 0.417. The van der Waals surface area contributed by atoms with Crippen LogP contribution in [0.25, 0.3) is 11.1 Å².